The smallest absolute Gasteiger partial charge is 0.282 e. The van der Waals surface area contributed by atoms with Gasteiger partial charge in [-0.3, -0.25) is 4.55 Å². The van der Waals surface area contributed by atoms with E-state index in [2.05, 4.69) is 0 Å². The summed E-state index contributed by atoms with van der Waals surface area (Å²) in [5, 5.41) is 0. The molecule has 16 heavy (non-hydrogen) atoms. The summed E-state index contributed by atoms with van der Waals surface area (Å²) < 4.78 is 52.2. The predicted octanol–water partition coefficient (Wildman–Crippen LogP) is 0.154. The van der Waals surface area contributed by atoms with Gasteiger partial charge >= 0.3 is 0 Å². The fourth-order valence-electron chi connectivity index (χ4n) is 1.33. The van der Waals surface area contributed by atoms with E-state index in [4.69, 9.17) is 10.3 Å². The highest BCUT2D eigenvalue weighted by atomic mass is 32.3. The highest BCUT2D eigenvalue weighted by molar-refractivity contribution is 8.06. The molecule has 3 N–H and O–H groups in total. The zero-order chi connectivity index (χ0) is 12.8. The molecule has 0 bridgehead atoms. The summed E-state index contributed by atoms with van der Waals surface area (Å²) in [4.78, 5) is 0. The van der Waals surface area contributed by atoms with Crippen molar-refractivity contribution in [3.05, 3.63) is 0 Å². The molecule has 0 aromatic rings. The average molecular weight is 273 g/mol. The van der Waals surface area contributed by atoms with Crippen molar-refractivity contribution in [1.29, 1.82) is 0 Å². The third-order valence-electron chi connectivity index (χ3n) is 2.17. The van der Waals surface area contributed by atoms with Crippen LogP contribution in [0.25, 0.3) is 0 Å². The predicted molar refractivity (Wildman–Crippen MR) is 62.3 cm³/mol. The number of unbranched alkanes of at least 4 members (excludes halogenated alkanes) is 2. The van der Waals surface area contributed by atoms with Crippen molar-refractivity contribution in [1.82, 2.24) is 0 Å². The van der Waals surface area contributed by atoms with E-state index >= 15 is 0 Å². The van der Waals surface area contributed by atoms with Gasteiger partial charge in [-0.2, -0.15) is 8.42 Å². The second kappa shape index (κ2) is 6.53. The minimum Gasteiger partial charge on any atom is -0.330 e. The standard InChI is InChI=1S/C8H19NO5S2/c1-2-3-4-7-15(10,11)8(5-6-9)16(12,13)14/h8H,2-7,9H2,1H3,(H,12,13,14). The van der Waals surface area contributed by atoms with Crippen LogP contribution < -0.4 is 5.73 Å². The Kier molecular flexibility index (Phi) is 6.46. The Balaban J connectivity index is 4.78. The van der Waals surface area contributed by atoms with Crippen LogP contribution >= 0.6 is 0 Å². The van der Waals surface area contributed by atoms with Crippen molar-refractivity contribution in [3.8, 4) is 0 Å². The molecule has 1 atom stereocenters. The van der Waals surface area contributed by atoms with Crippen molar-refractivity contribution in [2.75, 3.05) is 12.3 Å². The molecule has 0 aromatic heterocycles. The topological polar surface area (TPSA) is 115 Å². The van der Waals surface area contributed by atoms with Gasteiger partial charge in [0, 0.05) is 0 Å². The van der Waals surface area contributed by atoms with E-state index in [-0.39, 0.29) is 18.7 Å². The largest absolute Gasteiger partial charge is 0.330 e. The Labute approximate surface area is 96.9 Å². The van der Waals surface area contributed by atoms with Crippen LogP contribution in [0.3, 0.4) is 0 Å². The van der Waals surface area contributed by atoms with Crippen LogP contribution in [0.5, 0.6) is 0 Å². The molecule has 0 fully saturated rings. The lowest BCUT2D eigenvalue weighted by atomic mass is 10.3. The molecule has 6 nitrogen and oxygen atoms in total. The SMILES string of the molecule is CCCCCS(=O)(=O)C(CCN)S(=O)(=O)O. The summed E-state index contributed by atoms with van der Waals surface area (Å²) in [5.41, 5.74) is 5.14. The van der Waals surface area contributed by atoms with E-state index in [9.17, 15) is 16.8 Å². The molecule has 0 rings (SSSR count). The first kappa shape index (κ1) is 15.8. The molecule has 98 valence electrons. The molecule has 0 amide bonds. The number of rotatable bonds is 8. The minimum atomic E-state index is -4.59. The maximum absolute atomic E-state index is 11.6. The Morgan fingerprint density at radius 1 is 1.19 bits per heavy atom. The normalized spacial score (nSPS) is 14.9. The molecule has 0 spiro atoms. The summed E-state index contributed by atoms with van der Waals surface area (Å²) in [6.45, 7) is 1.81. The fourth-order valence-corrected chi connectivity index (χ4v) is 4.90. The molecule has 0 aliphatic carbocycles. The van der Waals surface area contributed by atoms with Gasteiger partial charge in [-0.15, -0.1) is 0 Å². The quantitative estimate of drug-likeness (QED) is 0.480. The van der Waals surface area contributed by atoms with E-state index in [0.717, 1.165) is 6.42 Å². The van der Waals surface area contributed by atoms with E-state index in [1.807, 2.05) is 6.92 Å². The van der Waals surface area contributed by atoms with Crippen molar-refractivity contribution in [2.24, 2.45) is 5.73 Å². The maximum atomic E-state index is 11.6. The summed E-state index contributed by atoms with van der Waals surface area (Å²) in [7, 11) is -8.42. The molecule has 0 aliphatic heterocycles. The minimum absolute atomic E-state index is 0.0997. The van der Waals surface area contributed by atoms with Gasteiger partial charge in [0.1, 0.15) is 0 Å². The third-order valence-corrected chi connectivity index (χ3v) is 6.57. The third kappa shape index (κ3) is 5.24. The fraction of sp³-hybridized carbons (Fsp3) is 1.00. The molecule has 8 heteroatoms. The lowest BCUT2D eigenvalue weighted by Crippen LogP contribution is -2.34. The Morgan fingerprint density at radius 3 is 2.12 bits per heavy atom. The summed E-state index contributed by atoms with van der Waals surface area (Å²) in [5.74, 6) is -0.231. The van der Waals surface area contributed by atoms with E-state index in [1.54, 1.807) is 0 Å². The molecule has 1 unspecified atom stereocenters. The van der Waals surface area contributed by atoms with Gasteiger partial charge in [0.25, 0.3) is 10.1 Å². The van der Waals surface area contributed by atoms with Crippen molar-refractivity contribution < 1.29 is 21.4 Å². The first-order valence-electron chi connectivity index (χ1n) is 5.13. The van der Waals surface area contributed by atoms with Crippen LogP contribution in [0.2, 0.25) is 0 Å². The highest BCUT2D eigenvalue weighted by Crippen LogP contribution is 2.15. The van der Waals surface area contributed by atoms with Crippen molar-refractivity contribution >= 4 is 20.0 Å². The first-order valence-corrected chi connectivity index (χ1v) is 8.35. The van der Waals surface area contributed by atoms with Crippen molar-refractivity contribution in [3.63, 3.8) is 0 Å². The summed E-state index contributed by atoms with van der Waals surface area (Å²) in [6.07, 6.45) is 1.67. The second-order valence-electron chi connectivity index (χ2n) is 3.60. The van der Waals surface area contributed by atoms with E-state index in [1.165, 1.54) is 0 Å². The Hall–Kier alpha value is -0.180. The molecule has 0 aromatic carbocycles. The van der Waals surface area contributed by atoms with E-state index in [0.29, 0.717) is 12.8 Å². The van der Waals surface area contributed by atoms with Gasteiger partial charge in [0.2, 0.25) is 0 Å². The summed E-state index contributed by atoms with van der Waals surface area (Å²) >= 11 is 0. The lowest BCUT2D eigenvalue weighted by Gasteiger charge is -2.13. The van der Waals surface area contributed by atoms with Crippen LogP contribution in [-0.4, -0.2) is 38.3 Å². The molecule has 0 saturated carbocycles. The summed E-state index contributed by atoms with van der Waals surface area (Å²) in [6, 6.07) is 0. The first-order chi connectivity index (χ1) is 7.25. The zero-order valence-electron chi connectivity index (χ0n) is 9.29. The monoisotopic (exact) mass is 273 g/mol. The maximum Gasteiger partial charge on any atom is 0.282 e. The van der Waals surface area contributed by atoms with Crippen LogP contribution in [-0.2, 0) is 20.0 Å². The number of nitrogens with two attached hydrogens (primary N) is 1. The van der Waals surface area contributed by atoms with Gasteiger partial charge in [-0.25, -0.2) is 8.42 Å². The number of hydrogen-bond donors (Lipinski definition) is 2. The van der Waals surface area contributed by atoms with Gasteiger partial charge in [-0.1, -0.05) is 19.8 Å². The lowest BCUT2D eigenvalue weighted by molar-refractivity contribution is 0.473. The van der Waals surface area contributed by atoms with Crippen LogP contribution in [0, 0.1) is 0 Å². The molecular weight excluding hydrogens is 254 g/mol. The zero-order valence-corrected chi connectivity index (χ0v) is 10.9. The van der Waals surface area contributed by atoms with Crippen LogP contribution in [0.15, 0.2) is 0 Å². The van der Waals surface area contributed by atoms with Crippen LogP contribution in [0.4, 0.5) is 0 Å². The average Bonchev–Trinajstić information content (AvgIpc) is 2.12. The Bertz CT molecular complexity index is 387. The van der Waals surface area contributed by atoms with Gasteiger partial charge in [0.05, 0.1) is 5.75 Å². The van der Waals surface area contributed by atoms with Gasteiger partial charge < -0.3 is 5.73 Å². The van der Waals surface area contributed by atoms with Crippen molar-refractivity contribution in [2.45, 2.75) is 37.2 Å². The Morgan fingerprint density at radius 2 is 1.75 bits per heavy atom. The number of hydrogen-bond acceptors (Lipinski definition) is 5. The van der Waals surface area contributed by atoms with E-state index < -0.39 is 24.5 Å². The molecule has 0 saturated heterocycles. The molecule has 0 aliphatic rings. The molecule has 0 heterocycles. The molecule has 0 radical (unpaired) electrons. The number of sulfone groups is 1. The van der Waals surface area contributed by atoms with Crippen LogP contribution in [0.1, 0.15) is 32.6 Å². The molecular formula is C8H19NO5S2. The highest BCUT2D eigenvalue weighted by Gasteiger charge is 2.35. The second-order valence-corrected chi connectivity index (χ2v) is 7.80. The van der Waals surface area contributed by atoms with Gasteiger partial charge in [0.15, 0.2) is 14.4 Å². The van der Waals surface area contributed by atoms with Gasteiger partial charge in [-0.05, 0) is 19.4 Å².